The summed E-state index contributed by atoms with van der Waals surface area (Å²) in [6.07, 6.45) is 1.37. The topological polar surface area (TPSA) is 62.6 Å². The Morgan fingerprint density at radius 2 is 1.74 bits per heavy atom. The van der Waals surface area contributed by atoms with Crippen molar-refractivity contribution in [3.05, 3.63) is 76.2 Å². The smallest absolute Gasteiger partial charge is 0.275 e. The normalized spacial score (nSPS) is 11.3. The van der Waals surface area contributed by atoms with Crippen molar-refractivity contribution in [3.8, 4) is 22.9 Å². The van der Waals surface area contributed by atoms with Crippen LogP contribution >= 0.6 is 0 Å². The van der Waals surface area contributed by atoms with E-state index in [-0.39, 0.29) is 17.8 Å². The lowest BCUT2D eigenvalue weighted by Gasteiger charge is -2.20. The first-order valence-electron chi connectivity index (χ1n) is 9.63. The Morgan fingerprint density at radius 3 is 2.39 bits per heavy atom. The van der Waals surface area contributed by atoms with Crippen LogP contribution in [0.25, 0.3) is 5.69 Å². The van der Waals surface area contributed by atoms with Gasteiger partial charge in [0, 0.05) is 12.1 Å². The third kappa shape index (κ3) is 5.81. The predicted octanol–water partition coefficient (Wildman–Crippen LogP) is 4.52. The summed E-state index contributed by atoms with van der Waals surface area (Å²) in [6.45, 7) is 6.66. The molecule has 0 fully saturated rings. The molecule has 0 N–H and O–H groups in total. The van der Waals surface area contributed by atoms with Gasteiger partial charge in [-0.05, 0) is 35.2 Å². The molecule has 0 spiro atoms. The highest BCUT2D eigenvalue weighted by molar-refractivity contribution is 5.48. The number of nitrogens with zero attached hydrogens (tertiary/aromatic N) is 2. The number of aromatic nitrogens is 2. The van der Waals surface area contributed by atoms with Crippen LogP contribution in [0.15, 0.2) is 53.5 Å². The fourth-order valence-corrected chi connectivity index (χ4v) is 2.66. The van der Waals surface area contributed by atoms with Crippen LogP contribution in [-0.4, -0.2) is 23.5 Å². The Bertz CT molecular complexity index is 1120. The fourth-order valence-electron chi connectivity index (χ4n) is 2.66. The van der Waals surface area contributed by atoms with E-state index in [1.807, 2.05) is 0 Å². The molecule has 0 aliphatic rings. The average molecular weight is 430 g/mol. The highest BCUT2D eigenvalue weighted by atomic mass is 19.2. The van der Waals surface area contributed by atoms with E-state index in [2.05, 4.69) is 25.9 Å². The third-order valence-corrected chi connectivity index (χ3v) is 4.22. The van der Waals surface area contributed by atoms with Gasteiger partial charge in [0.2, 0.25) is 0 Å². The monoisotopic (exact) mass is 430 g/mol. The van der Waals surface area contributed by atoms with Crippen molar-refractivity contribution in [1.82, 2.24) is 9.78 Å². The van der Waals surface area contributed by atoms with E-state index in [4.69, 9.17) is 14.2 Å². The Morgan fingerprint density at radius 1 is 0.968 bits per heavy atom. The van der Waals surface area contributed by atoms with Crippen LogP contribution in [0, 0.1) is 17.0 Å². The van der Waals surface area contributed by atoms with E-state index in [1.54, 1.807) is 18.2 Å². The molecule has 164 valence electrons. The van der Waals surface area contributed by atoms with Gasteiger partial charge >= 0.3 is 0 Å². The molecule has 0 aliphatic carbocycles. The molecule has 0 saturated heterocycles. The van der Waals surface area contributed by atoms with Gasteiger partial charge in [-0.3, -0.25) is 4.79 Å². The molecule has 1 heterocycles. The number of ether oxygens (including phenoxy) is 3. The van der Waals surface area contributed by atoms with E-state index >= 15 is 0 Å². The van der Waals surface area contributed by atoms with E-state index in [0.717, 1.165) is 12.1 Å². The summed E-state index contributed by atoms with van der Waals surface area (Å²) in [7, 11) is 1.52. The van der Waals surface area contributed by atoms with Crippen LogP contribution in [0.1, 0.15) is 26.3 Å². The fraction of sp³-hybridized carbons (Fsp3) is 0.304. The lowest BCUT2D eigenvalue weighted by molar-refractivity contribution is 0.191. The number of halogens is 2. The lowest BCUT2D eigenvalue weighted by atomic mass is 9.99. The van der Waals surface area contributed by atoms with Gasteiger partial charge in [-0.1, -0.05) is 26.8 Å². The minimum atomic E-state index is -0.960. The highest BCUT2D eigenvalue weighted by Crippen LogP contribution is 2.30. The summed E-state index contributed by atoms with van der Waals surface area (Å²) >= 11 is 0. The Kier molecular flexibility index (Phi) is 6.58. The van der Waals surface area contributed by atoms with Crippen LogP contribution in [-0.2, 0) is 6.61 Å². The largest absolute Gasteiger partial charge is 0.493 e. The third-order valence-electron chi connectivity index (χ3n) is 4.22. The van der Waals surface area contributed by atoms with Crippen molar-refractivity contribution < 1.29 is 23.0 Å². The minimum Gasteiger partial charge on any atom is -0.493 e. The lowest BCUT2D eigenvalue weighted by Crippen LogP contribution is -2.20. The van der Waals surface area contributed by atoms with Gasteiger partial charge in [0.25, 0.3) is 5.56 Å². The summed E-state index contributed by atoms with van der Waals surface area (Å²) in [5, 5.41) is 4.13. The second-order valence-corrected chi connectivity index (χ2v) is 8.16. The summed E-state index contributed by atoms with van der Waals surface area (Å²) < 4.78 is 44.2. The Balaban J connectivity index is 1.76. The summed E-state index contributed by atoms with van der Waals surface area (Å²) in [5.41, 5.74) is 0.487. The molecule has 31 heavy (non-hydrogen) atoms. The van der Waals surface area contributed by atoms with Gasteiger partial charge in [0.1, 0.15) is 12.4 Å². The second kappa shape index (κ2) is 9.16. The molecule has 0 atom stereocenters. The van der Waals surface area contributed by atoms with Gasteiger partial charge < -0.3 is 14.2 Å². The molecule has 0 radical (unpaired) electrons. The first-order valence-corrected chi connectivity index (χ1v) is 9.63. The maximum atomic E-state index is 13.3. The van der Waals surface area contributed by atoms with Crippen LogP contribution < -0.4 is 19.8 Å². The van der Waals surface area contributed by atoms with Crippen molar-refractivity contribution >= 4 is 0 Å². The van der Waals surface area contributed by atoms with E-state index < -0.39 is 17.2 Å². The molecule has 0 unspecified atom stereocenters. The summed E-state index contributed by atoms with van der Waals surface area (Å²) in [4.78, 5) is 12.5. The quantitative estimate of drug-likeness (QED) is 0.551. The number of rotatable bonds is 7. The molecule has 3 aromatic rings. The van der Waals surface area contributed by atoms with Crippen LogP contribution in [0.3, 0.4) is 0 Å². The first kappa shape index (κ1) is 22.3. The van der Waals surface area contributed by atoms with Crippen molar-refractivity contribution in [2.24, 2.45) is 5.41 Å². The molecular formula is C23H24F2N2O4. The zero-order chi connectivity index (χ0) is 22.6. The van der Waals surface area contributed by atoms with Crippen molar-refractivity contribution in [1.29, 1.82) is 0 Å². The molecule has 1 aromatic heterocycles. The van der Waals surface area contributed by atoms with E-state index in [0.29, 0.717) is 29.4 Å². The minimum absolute atomic E-state index is 0.0162. The van der Waals surface area contributed by atoms with Crippen LogP contribution in [0.5, 0.6) is 17.2 Å². The molecular weight excluding hydrogens is 406 g/mol. The SMILES string of the molecule is COc1cc(-n2ncc(OCc3ccc(F)c(F)c3)cc2=O)ccc1OCC(C)(C)C. The predicted molar refractivity (Wildman–Crippen MR) is 112 cm³/mol. The van der Waals surface area contributed by atoms with Crippen LogP contribution in [0.2, 0.25) is 0 Å². The summed E-state index contributed by atoms with van der Waals surface area (Å²) in [5.74, 6) is -0.630. The van der Waals surface area contributed by atoms with Crippen molar-refractivity contribution in [2.45, 2.75) is 27.4 Å². The van der Waals surface area contributed by atoms with E-state index in [1.165, 1.54) is 30.1 Å². The summed E-state index contributed by atoms with van der Waals surface area (Å²) in [6, 6.07) is 9.82. The van der Waals surface area contributed by atoms with Crippen LogP contribution in [0.4, 0.5) is 8.78 Å². The Hall–Kier alpha value is -3.42. The number of methoxy groups -OCH3 is 1. The van der Waals surface area contributed by atoms with Gasteiger partial charge in [0.15, 0.2) is 23.1 Å². The van der Waals surface area contributed by atoms with Crippen molar-refractivity contribution in [2.75, 3.05) is 13.7 Å². The molecule has 0 aliphatic heterocycles. The molecule has 8 heteroatoms. The number of benzene rings is 2. The van der Waals surface area contributed by atoms with Gasteiger partial charge in [0.05, 0.1) is 25.6 Å². The molecule has 0 amide bonds. The zero-order valence-electron chi connectivity index (χ0n) is 17.8. The van der Waals surface area contributed by atoms with Crippen molar-refractivity contribution in [3.63, 3.8) is 0 Å². The van der Waals surface area contributed by atoms with E-state index in [9.17, 15) is 13.6 Å². The maximum Gasteiger partial charge on any atom is 0.275 e. The van der Waals surface area contributed by atoms with Gasteiger partial charge in [-0.25, -0.2) is 8.78 Å². The van der Waals surface area contributed by atoms with Gasteiger partial charge in [-0.15, -0.1) is 0 Å². The molecule has 0 saturated carbocycles. The number of hydrogen-bond donors (Lipinski definition) is 0. The number of hydrogen-bond acceptors (Lipinski definition) is 5. The Labute approximate surface area is 179 Å². The standard InChI is InChI=1S/C23H24F2N2O4/c1-23(2,3)14-31-20-8-6-16(10-21(20)29-4)27-22(28)11-17(12-26-27)30-13-15-5-7-18(24)19(25)9-15/h5-12H,13-14H2,1-4H3. The zero-order valence-corrected chi connectivity index (χ0v) is 17.8. The molecule has 3 rings (SSSR count). The highest BCUT2D eigenvalue weighted by Gasteiger charge is 2.15. The molecule has 0 bridgehead atoms. The molecule has 6 nitrogen and oxygen atoms in total. The molecule has 2 aromatic carbocycles. The first-order chi connectivity index (χ1) is 14.7. The van der Waals surface area contributed by atoms with Gasteiger partial charge in [-0.2, -0.15) is 9.78 Å². The average Bonchev–Trinajstić information content (AvgIpc) is 2.72. The second-order valence-electron chi connectivity index (χ2n) is 8.16. The maximum absolute atomic E-state index is 13.3.